The molecular formula is C31H37ClN4O3S. The fourth-order valence-electron chi connectivity index (χ4n) is 4.87. The molecule has 2 heterocycles. The molecule has 4 rings (SSSR count). The van der Waals surface area contributed by atoms with Crippen molar-refractivity contribution in [3.8, 4) is 0 Å². The summed E-state index contributed by atoms with van der Waals surface area (Å²) in [5.74, 6) is -0.205. The molecule has 0 fully saturated rings. The van der Waals surface area contributed by atoms with Crippen LogP contribution in [0.2, 0.25) is 5.02 Å². The Hall–Kier alpha value is -3.01. The molecule has 0 saturated heterocycles. The fraction of sp³-hybridized carbons (Fsp3) is 0.355. The van der Waals surface area contributed by atoms with E-state index in [0.717, 1.165) is 33.6 Å². The summed E-state index contributed by atoms with van der Waals surface area (Å²) in [6, 6.07) is 15.4. The van der Waals surface area contributed by atoms with Crippen LogP contribution < -0.4 is 10.7 Å². The Morgan fingerprint density at radius 3 is 2.35 bits per heavy atom. The van der Waals surface area contributed by atoms with E-state index in [2.05, 4.69) is 27.2 Å². The van der Waals surface area contributed by atoms with E-state index < -0.39 is 6.10 Å². The van der Waals surface area contributed by atoms with E-state index in [9.17, 15) is 14.7 Å². The number of aryl methyl sites for hydroxylation is 2. The van der Waals surface area contributed by atoms with Crippen LogP contribution in [-0.4, -0.2) is 53.1 Å². The zero-order chi connectivity index (χ0) is 29.0. The predicted octanol–water partition coefficient (Wildman–Crippen LogP) is 4.65. The highest BCUT2D eigenvalue weighted by molar-refractivity contribution is 7.19. The Labute approximate surface area is 244 Å². The highest BCUT2D eigenvalue weighted by Gasteiger charge is 2.19. The number of hydrogen-bond acceptors (Lipinski definition) is 6. The molecule has 4 aromatic rings. The minimum Gasteiger partial charge on any atom is -0.387 e. The van der Waals surface area contributed by atoms with Crippen molar-refractivity contribution < 1.29 is 9.90 Å². The number of thiophene rings is 1. The van der Waals surface area contributed by atoms with Crippen LogP contribution in [0.25, 0.3) is 10.2 Å². The SMILES string of the molecule is Cc1c(CN(C)CC(O)c2ccc(CN(C)C)cc2)sc2c(=O)c(CC(=O)NCc3ccc(Cl)cc3)cn(C)c12. The molecule has 0 aliphatic heterocycles. The van der Waals surface area contributed by atoms with Crippen LogP contribution in [0.1, 0.15) is 38.8 Å². The number of aliphatic hydroxyl groups is 1. The number of carbonyl (C=O) groups is 1. The van der Waals surface area contributed by atoms with E-state index in [-0.39, 0.29) is 17.8 Å². The van der Waals surface area contributed by atoms with E-state index in [1.165, 1.54) is 16.9 Å². The summed E-state index contributed by atoms with van der Waals surface area (Å²) in [5, 5.41) is 14.4. The number of halogens is 1. The zero-order valence-electron chi connectivity index (χ0n) is 23.7. The molecule has 0 saturated carbocycles. The Bertz CT molecular complexity index is 1530. The minimum atomic E-state index is -0.614. The van der Waals surface area contributed by atoms with E-state index >= 15 is 0 Å². The monoisotopic (exact) mass is 580 g/mol. The molecule has 0 aliphatic carbocycles. The number of pyridine rings is 1. The molecule has 1 amide bonds. The van der Waals surface area contributed by atoms with Crippen LogP contribution in [0.15, 0.2) is 59.5 Å². The molecule has 1 unspecified atom stereocenters. The van der Waals surface area contributed by atoms with Crippen LogP contribution in [0, 0.1) is 6.92 Å². The fourth-order valence-corrected chi connectivity index (χ4v) is 6.39. The van der Waals surface area contributed by atoms with Crippen molar-refractivity contribution >= 4 is 39.1 Å². The first-order valence-corrected chi connectivity index (χ1v) is 14.4. The molecule has 2 aromatic carbocycles. The third-order valence-electron chi connectivity index (χ3n) is 6.93. The zero-order valence-corrected chi connectivity index (χ0v) is 25.3. The van der Waals surface area contributed by atoms with Crippen molar-refractivity contribution in [2.24, 2.45) is 7.05 Å². The van der Waals surface area contributed by atoms with Gasteiger partial charge in [-0.05, 0) is 62.5 Å². The highest BCUT2D eigenvalue weighted by Crippen LogP contribution is 2.30. The molecule has 0 spiro atoms. The van der Waals surface area contributed by atoms with Gasteiger partial charge in [-0.15, -0.1) is 11.3 Å². The molecule has 40 heavy (non-hydrogen) atoms. The van der Waals surface area contributed by atoms with Crippen molar-refractivity contribution in [3.63, 3.8) is 0 Å². The second-order valence-electron chi connectivity index (χ2n) is 10.7. The third kappa shape index (κ3) is 7.38. The normalized spacial score (nSPS) is 12.4. The Balaban J connectivity index is 1.43. The second kappa shape index (κ2) is 13.1. The highest BCUT2D eigenvalue weighted by atomic mass is 35.5. The molecule has 2 N–H and O–H groups in total. The maximum absolute atomic E-state index is 13.4. The van der Waals surface area contributed by atoms with Gasteiger partial charge in [0.1, 0.15) is 0 Å². The molecule has 2 aromatic heterocycles. The Morgan fingerprint density at radius 1 is 1.05 bits per heavy atom. The first-order valence-electron chi connectivity index (χ1n) is 13.2. The van der Waals surface area contributed by atoms with Gasteiger partial charge in [-0.1, -0.05) is 48.0 Å². The smallest absolute Gasteiger partial charge is 0.224 e. The largest absolute Gasteiger partial charge is 0.387 e. The minimum absolute atomic E-state index is 0.0158. The quantitative estimate of drug-likeness (QED) is 0.270. The first-order chi connectivity index (χ1) is 19.0. The van der Waals surface area contributed by atoms with E-state index in [1.54, 1.807) is 18.3 Å². The molecule has 0 bridgehead atoms. The average Bonchev–Trinajstić information content (AvgIpc) is 3.23. The average molecular weight is 581 g/mol. The number of aliphatic hydroxyl groups excluding tert-OH is 1. The topological polar surface area (TPSA) is 77.8 Å². The number of carbonyl (C=O) groups excluding carboxylic acids is 1. The van der Waals surface area contributed by atoms with E-state index in [4.69, 9.17) is 11.6 Å². The van der Waals surface area contributed by atoms with Gasteiger partial charge in [0.2, 0.25) is 11.3 Å². The third-order valence-corrected chi connectivity index (χ3v) is 8.45. The maximum Gasteiger partial charge on any atom is 0.224 e. The van der Waals surface area contributed by atoms with Gasteiger partial charge in [0.15, 0.2) is 0 Å². The van der Waals surface area contributed by atoms with Crippen molar-refractivity contribution in [2.75, 3.05) is 27.7 Å². The van der Waals surface area contributed by atoms with Crippen LogP contribution >= 0.6 is 22.9 Å². The summed E-state index contributed by atoms with van der Waals surface area (Å²) in [6.45, 7) is 4.34. The molecule has 9 heteroatoms. The number of benzene rings is 2. The summed E-state index contributed by atoms with van der Waals surface area (Å²) >= 11 is 7.40. The van der Waals surface area contributed by atoms with Gasteiger partial charge in [0, 0.05) is 54.9 Å². The molecular weight excluding hydrogens is 544 g/mol. The van der Waals surface area contributed by atoms with Crippen molar-refractivity contribution in [1.82, 2.24) is 19.7 Å². The maximum atomic E-state index is 13.4. The van der Waals surface area contributed by atoms with Crippen LogP contribution in [0.4, 0.5) is 0 Å². The lowest BCUT2D eigenvalue weighted by atomic mass is 10.1. The summed E-state index contributed by atoms with van der Waals surface area (Å²) in [5.41, 5.74) is 5.33. The molecule has 7 nitrogen and oxygen atoms in total. The predicted molar refractivity (Wildman–Crippen MR) is 164 cm³/mol. The van der Waals surface area contributed by atoms with Crippen LogP contribution in [0.3, 0.4) is 0 Å². The van der Waals surface area contributed by atoms with Gasteiger partial charge >= 0.3 is 0 Å². The number of rotatable bonds is 11. The number of amides is 1. The number of nitrogens with one attached hydrogen (secondary N) is 1. The molecule has 1 atom stereocenters. The summed E-state index contributed by atoms with van der Waals surface area (Å²) < 4.78 is 2.60. The lowest BCUT2D eigenvalue weighted by Gasteiger charge is -2.21. The standard InChI is InChI=1S/C31H37ClN4O3S/c1-20-27(19-35(4)18-26(37)23-10-6-22(7-11-23)16-34(2)3)40-31-29(20)36(5)17-24(30(31)39)14-28(38)33-15-21-8-12-25(32)13-9-21/h6-13,17,26,37H,14-16,18-19H2,1-5H3,(H,33,38). The van der Waals surface area contributed by atoms with Gasteiger partial charge in [-0.3, -0.25) is 14.5 Å². The van der Waals surface area contributed by atoms with E-state index in [0.29, 0.717) is 34.9 Å². The van der Waals surface area contributed by atoms with Gasteiger partial charge in [-0.25, -0.2) is 0 Å². The lowest BCUT2D eigenvalue weighted by Crippen LogP contribution is -2.27. The second-order valence-corrected chi connectivity index (χ2v) is 12.2. The summed E-state index contributed by atoms with van der Waals surface area (Å²) in [7, 11) is 7.95. The first kappa shape index (κ1) is 30.0. The van der Waals surface area contributed by atoms with Crippen molar-refractivity contribution in [1.29, 1.82) is 0 Å². The van der Waals surface area contributed by atoms with Crippen molar-refractivity contribution in [2.45, 2.75) is 39.1 Å². The summed E-state index contributed by atoms with van der Waals surface area (Å²) in [6.07, 6.45) is 1.17. The van der Waals surface area contributed by atoms with Gasteiger partial charge in [0.05, 0.1) is 22.7 Å². The van der Waals surface area contributed by atoms with Crippen LogP contribution in [0.5, 0.6) is 0 Å². The number of likely N-dealkylation sites (N-methyl/N-ethyl adjacent to an activating group) is 1. The van der Waals surface area contributed by atoms with Gasteiger partial charge in [0.25, 0.3) is 0 Å². The lowest BCUT2D eigenvalue weighted by molar-refractivity contribution is -0.120. The Kier molecular flexibility index (Phi) is 9.81. The number of aromatic nitrogens is 1. The summed E-state index contributed by atoms with van der Waals surface area (Å²) in [4.78, 5) is 31.3. The molecule has 212 valence electrons. The van der Waals surface area contributed by atoms with Crippen LogP contribution in [-0.2, 0) is 37.9 Å². The molecule has 0 radical (unpaired) electrons. The Morgan fingerprint density at radius 2 is 1.70 bits per heavy atom. The van der Waals surface area contributed by atoms with Gasteiger partial charge in [-0.2, -0.15) is 0 Å². The van der Waals surface area contributed by atoms with Gasteiger partial charge < -0.3 is 19.9 Å². The number of fused-ring (bicyclic) bond motifs is 1. The van der Waals surface area contributed by atoms with Crippen molar-refractivity contribution in [3.05, 3.63) is 103 Å². The van der Waals surface area contributed by atoms with E-state index in [1.807, 2.05) is 63.9 Å². The number of hydrogen-bond donors (Lipinski definition) is 2. The number of nitrogens with zero attached hydrogens (tertiary/aromatic N) is 3. The molecule has 0 aliphatic rings.